The van der Waals surface area contributed by atoms with Gasteiger partial charge in [-0.25, -0.2) is 0 Å². The van der Waals surface area contributed by atoms with Crippen LogP contribution >= 0.6 is 0 Å². The second-order valence-electron chi connectivity index (χ2n) is 6.93. The number of rotatable bonds is 10. The van der Waals surface area contributed by atoms with Crippen LogP contribution in [0.25, 0.3) is 0 Å². The molecule has 0 spiro atoms. The summed E-state index contributed by atoms with van der Waals surface area (Å²) in [6, 6.07) is 21.9. The predicted molar refractivity (Wildman–Crippen MR) is 102 cm³/mol. The van der Waals surface area contributed by atoms with Crippen LogP contribution in [0, 0.1) is 11.8 Å². The van der Waals surface area contributed by atoms with Gasteiger partial charge in [-0.3, -0.25) is 0 Å². The number of unbranched alkanes of at least 4 members (excludes halogenated alkanes) is 1. The van der Waals surface area contributed by atoms with Crippen LogP contribution in [-0.2, 0) is 12.8 Å². The first-order chi connectivity index (χ1) is 11.3. The molecule has 1 atom stereocenters. The van der Waals surface area contributed by atoms with Gasteiger partial charge in [-0.05, 0) is 48.6 Å². The molecule has 0 aromatic heterocycles. The molecule has 0 radical (unpaired) electrons. The fraction of sp³-hybridized carbons (Fsp3) is 0.478. The van der Waals surface area contributed by atoms with Crippen molar-refractivity contribution in [2.75, 3.05) is 0 Å². The van der Waals surface area contributed by atoms with Crippen molar-refractivity contribution in [2.45, 2.75) is 58.8 Å². The second kappa shape index (κ2) is 10.3. The highest BCUT2D eigenvalue weighted by molar-refractivity contribution is 5.16. The molecule has 2 rings (SSSR count). The van der Waals surface area contributed by atoms with Crippen LogP contribution in [0.3, 0.4) is 0 Å². The molecule has 0 nitrogen and oxygen atoms in total. The van der Waals surface area contributed by atoms with Gasteiger partial charge >= 0.3 is 0 Å². The Kier molecular flexibility index (Phi) is 7.93. The van der Waals surface area contributed by atoms with Gasteiger partial charge in [0.25, 0.3) is 0 Å². The van der Waals surface area contributed by atoms with Crippen molar-refractivity contribution < 1.29 is 0 Å². The van der Waals surface area contributed by atoms with Crippen molar-refractivity contribution in [3.63, 3.8) is 0 Å². The molecule has 0 N–H and O–H groups in total. The zero-order valence-corrected chi connectivity index (χ0v) is 14.9. The topological polar surface area (TPSA) is 0 Å². The van der Waals surface area contributed by atoms with Gasteiger partial charge in [0.1, 0.15) is 0 Å². The molecule has 0 heteroatoms. The van der Waals surface area contributed by atoms with E-state index >= 15 is 0 Å². The summed E-state index contributed by atoms with van der Waals surface area (Å²) < 4.78 is 0. The smallest absolute Gasteiger partial charge is 0.0276 e. The lowest BCUT2D eigenvalue weighted by molar-refractivity contribution is 0.293. The minimum Gasteiger partial charge on any atom is -0.0654 e. The van der Waals surface area contributed by atoms with E-state index in [9.17, 15) is 0 Å². The lowest BCUT2D eigenvalue weighted by atomic mass is 9.81. The molecule has 0 aliphatic rings. The van der Waals surface area contributed by atoms with Crippen molar-refractivity contribution in [2.24, 2.45) is 11.8 Å². The van der Waals surface area contributed by atoms with Gasteiger partial charge in [0.05, 0.1) is 0 Å². The maximum Gasteiger partial charge on any atom is -0.0276 e. The Morgan fingerprint density at radius 3 is 1.61 bits per heavy atom. The van der Waals surface area contributed by atoms with E-state index in [1.807, 2.05) is 0 Å². The average molecular weight is 309 g/mol. The van der Waals surface area contributed by atoms with Crippen molar-refractivity contribution in [3.05, 3.63) is 71.8 Å². The Bertz CT molecular complexity index is 471. The molecule has 1 unspecified atom stereocenters. The largest absolute Gasteiger partial charge is 0.0654 e. The third-order valence-corrected chi connectivity index (χ3v) is 5.11. The number of hydrogen-bond donors (Lipinski definition) is 0. The van der Waals surface area contributed by atoms with E-state index in [1.54, 1.807) is 0 Å². The summed E-state index contributed by atoms with van der Waals surface area (Å²) in [6.07, 6.45) is 9.14. The van der Waals surface area contributed by atoms with Crippen LogP contribution in [0.1, 0.15) is 57.1 Å². The quantitative estimate of drug-likeness (QED) is 0.458. The first kappa shape index (κ1) is 17.8. The number of hydrogen-bond acceptors (Lipinski definition) is 0. The molecule has 23 heavy (non-hydrogen) atoms. The van der Waals surface area contributed by atoms with Gasteiger partial charge in [0.2, 0.25) is 0 Å². The van der Waals surface area contributed by atoms with Crippen LogP contribution in [0.15, 0.2) is 60.7 Å². The molecule has 0 heterocycles. The highest BCUT2D eigenvalue weighted by atomic mass is 14.2. The molecule has 0 aliphatic heterocycles. The Labute approximate surface area is 143 Å². The van der Waals surface area contributed by atoms with Crippen molar-refractivity contribution in [1.82, 2.24) is 0 Å². The zero-order valence-electron chi connectivity index (χ0n) is 14.9. The number of aryl methyl sites for hydroxylation is 2. The van der Waals surface area contributed by atoms with Gasteiger partial charge in [0, 0.05) is 0 Å². The summed E-state index contributed by atoms with van der Waals surface area (Å²) in [7, 11) is 0. The lowest BCUT2D eigenvalue weighted by Crippen LogP contribution is -2.14. The molecule has 0 saturated carbocycles. The predicted octanol–water partition coefficient (Wildman–Crippen LogP) is 6.69. The summed E-state index contributed by atoms with van der Waals surface area (Å²) in [6.45, 7) is 4.77. The van der Waals surface area contributed by atoms with E-state index < -0.39 is 0 Å². The van der Waals surface area contributed by atoms with Gasteiger partial charge in [-0.15, -0.1) is 0 Å². The van der Waals surface area contributed by atoms with Crippen LogP contribution in [0.5, 0.6) is 0 Å². The SMILES string of the molecule is CCCCC(C)C(CCc1ccccc1)CCc1ccccc1. The van der Waals surface area contributed by atoms with Crippen LogP contribution in [0.4, 0.5) is 0 Å². The van der Waals surface area contributed by atoms with Gasteiger partial charge in [-0.1, -0.05) is 93.8 Å². The van der Waals surface area contributed by atoms with Crippen LogP contribution < -0.4 is 0 Å². The molecule has 0 amide bonds. The average Bonchev–Trinajstić information content (AvgIpc) is 2.61. The fourth-order valence-electron chi connectivity index (χ4n) is 3.47. The normalized spacial score (nSPS) is 12.5. The first-order valence-electron chi connectivity index (χ1n) is 9.37. The Hall–Kier alpha value is -1.56. The Morgan fingerprint density at radius 2 is 1.17 bits per heavy atom. The van der Waals surface area contributed by atoms with E-state index in [4.69, 9.17) is 0 Å². The maximum absolute atomic E-state index is 2.47. The fourth-order valence-corrected chi connectivity index (χ4v) is 3.47. The summed E-state index contributed by atoms with van der Waals surface area (Å²) in [5.41, 5.74) is 2.97. The van der Waals surface area contributed by atoms with Crippen molar-refractivity contribution in [3.8, 4) is 0 Å². The highest BCUT2D eigenvalue weighted by Crippen LogP contribution is 2.27. The Balaban J connectivity index is 1.90. The molecule has 0 aliphatic carbocycles. The third kappa shape index (κ3) is 6.60. The zero-order chi connectivity index (χ0) is 16.3. The maximum atomic E-state index is 2.47. The van der Waals surface area contributed by atoms with E-state index in [-0.39, 0.29) is 0 Å². The number of benzene rings is 2. The van der Waals surface area contributed by atoms with Crippen LogP contribution in [-0.4, -0.2) is 0 Å². The summed E-state index contributed by atoms with van der Waals surface area (Å²) in [4.78, 5) is 0. The highest BCUT2D eigenvalue weighted by Gasteiger charge is 2.17. The monoisotopic (exact) mass is 308 g/mol. The first-order valence-corrected chi connectivity index (χ1v) is 9.37. The van der Waals surface area contributed by atoms with E-state index in [0.29, 0.717) is 0 Å². The van der Waals surface area contributed by atoms with Gasteiger partial charge in [-0.2, -0.15) is 0 Å². The molecule has 2 aromatic carbocycles. The van der Waals surface area contributed by atoms with E-state index in [0.717, 1.165) is 11.8 Å². The minimum absolute atomic E-state index is 0.835. The second-order valence-corrected chi connectivity index (χ2v) is 6.93. The summed E-state index contributed by atoms with van der Waals surface area (Å²) in [5, 5.41) is 0. The van der Waals surface area contributed by atoms with Gasteiger partial charge in [0.15, 0.2) is 0 Å². The van der Waals surface area contributed by atoms with Gasteiger partial charge < -0.3 is 0 Å². The molecule has 0 fully saturated rings. The molecular formula is C23H32. The summed E-state index contributed by atoms with van der Waals surface area (Å²) in [5.74, 6) is 1.67. The molecule has 124 valence electrons. The third-order valence-electron chi connectivity index (χ3n) is 5.11. The van der Waals surface area contributed by atoms with E-state index in [2.05, 4.69) is 74.5 Å². The molecule has 0 saturated heterocycles. The molecule has 0 bridgehead atoms. The summed E-state index contributed by atoms with van der Waals surface area (Å²) >= 11 is 0. The van der Waals surface area contributed by atoms with E-state index in [1.165, 1.54) is 56.1 Å². The van der Waals surface area contributed by atoms with Crippen molar-refractivity contribution >= 4 is 0 Å². The Morgan fingerprint density at radius 1 is 0.696 bits per heavy atom. The standard InChI is InChI=1S/C23H32/c1-3-4-11-20(2)23(18-16-21-12-7-5-8-13-21)19-17-22-14-9-6-10-15-22/h5-10,12-15,20,23H,3-4,11,16-19H2,1-2H3. The van der Waals surface area contributed by atoms with Crippen LogP contribution in [0.2, 0.25) is 0 Å². The molecular weight excluding hydrogens is 276 g/mol. The lowest BCUT2D eigenvalue weighted by Gasteiger charge is -2.24. The minimum atomic E-state index is 0.835. The van der Waals surface area contributed by atoms with Crippen molar-refractivity contribution in [1.29, 1.82) is 0 Å². The molecule has 2 aromatic rings.